The van der Waals surface area contributed by atoms with Crippen molar-refractivity contribution in [3.05, 3.63) is 21.9 Å². The molecule has 2 unspecified atom stereocenters. The van der Waals surface area contributed by atoms with Gasteiger partial charge in [0.25, 0.3) is 0 Å². The number of hydrogen-bond acceptors (Lipinski definition) is 3. The monoisotopic (exact) mass is 255 g/mol. The maximum absolute atomic E-state index is 5.94. The Balaban J connectivity index is 2.93. The lowest BCUT2D eigenvalue weighted by atomic mass is 9.96. The molecule has 0 aromatic carbocycles. The number of hydrogen-bond donors (Lipinski definition) is 1. The Morgan fingerprint density at radius 1 is 1.35 bits per heavy atom. The van der Waals surface area contributed by atoms with Gasteiger partial charge in [-0.25, -0.2) is 0 Å². The molecule has 0 spiro atoms. The first kappa shape index (κ1) is 14.7. The van der Waals surface area contributed by atoms with Crippen molar-refractivity contribution in [2.75, 3.05) is 13.2 Å². The molecule has 17 heavy (non-hydrogen) atoms. The average Bonchev–Trinajstić information content (AvgIpc) is 2.69. The molecule has 0 aliphatic rings. The maximum Gasteiger partial charge on any atom is 0.0800 e. The zero-order valence-corrected chi connectivity index (χ0v) is 12.4. The molecule has 0 aliphatic carbocycles. The summed E-state index contributed by atoms with van der Waals surface area (Å²) in [4.78, 5) is 1.42. The number of likely N-dealkylation sites (N-methyl/N-ethyl adjacent to an activating group) is 1. The SMILES string of the molecule is CCNC(c1sccc1C)C(OCC)C(C)C. The molecule has 0 bridgehead atoms. The molecule has 0 saturated heterocycles. The molecule has 1 rings (SSSR count). The minimum Gasteiger partial charge on any atom is -0.376 e. The van der Waals surface area contributed by atoms with Gasteiger partial charge in [-0.1, -0.05) is 20.8 Å². The average molecular weight is 255 g/mol. The van der Waals surface area contributed by atoms with Gasteiger partial charge < -0.3 is 10.1 Å². The van der Waals surface area contributed by atoms with Crippen molar-refractivity contribution < 1.29 is 4.74 Å². The van der Waals surface area contributed by atoms with Gasteiger partial charge in [-0.2, -0.15) is 0 Å². The standard InChI is InChI=1S/C14H25NOS/c1-6-15-12(13(10(3)4)16-7-2)14-11(5)8-9-17-14/h8-10,12-13,15H,6-7H2,1-5H3. The van der Waals surface area contributed by atoms with Gasteiger partial charge in [0.2, 0.25) is 0 Å². The zero-order valence-electron chi connectivity index (χ0n) is 11.6. The highest BCUT2D eigenvalue weighted by Gasteiger charge is 2.27. The fourth-order valence-corrected chi connectivity index (χ4v) is 3.18. The predicted octanol–water partition coefficient (Wildman–Crippen LogP) is 3.77. The number of thiophene rings is 1. The van der Waals surface area contributed by atoms with E-state index >= 15 is 0 Å². The van der Waals surface area contributed by atoms with Crippen LogP contribution in [0, 0.1) is 12.8 Å². The van der Waals surface area contributed by atoms with Crippen molar-refractivity contribution >= 4 is 11.3 Å². The van der Waals surface area contributed by atoms with E-state index in [1.54, 1.807) is 0 Å². The van der Waals surface area contributed by atoms with Crippen LogP contribution >= 0.6 is 11.3 Å². The first-order chi connectivity index (χ1) is 8.11. The second kappa shape index (κ2) is 7.14. The highest BCUT2D eigenvalue weighted by atomic mass is 32.1. The molecule has 2 atom stereocenters. The van der Waals surface area contributed by atoms with E-state index in [2.05, 4.69) is 51.4 Å². The third kappa shape index (κ3) is 3.80. The van der Waals surface area contributed by atoms with Crippen LogP contribution in [0.3, 0.4) is 0 Å². The van der Waals surface area contributed by atoms with Gasteiger partial charge in [-0.15, -0.1) is 11.3 Å². The number of aryl methyl sites for hydroxylation is 1. The number of rotatable bonds is 7. The van der Waals surface area contributed by atoms with Crippen LogP contribution in [-0.4, -0.2) is 19.3 Å². The molecule has 1 heterocycles. The van der Waals surface area contributed by atoms with E-state index in [1.807, 2.05) is 11.3 Å². The molecule has 1 aromatic heterocycles. The van der Waals surface area contributed by atoms with E-state index in [0.29, 0.717) is 12.0 Å². The Kier molecular flexibility index (Phi) is 6.17. The summed E-state index contributed by atoms with van der Waals surface area (Å²) in [7, 11) is 0. The fraction of sp³-hybridized carbons (Fsp3) is 0.714. The van der Waals surface area contributed by atoms with E-state index in [4.69, 9.17) is 4.74 Å². The summed E-state index contributed by atoms with van der Waals surface area (Å²) in [6.45, 7) is 12.6. The zero-order chi connectivity index (χ0) is 12.8. The van der Waals surface area contributed by atoms with Crippen LogP contribution in [0.15, 0.2) is 11.4 Å². The first-order valence-electron chi connectivity index (χ1n) is 6.50. The van der Waals surface area contributed by atoms with Gasteiger partial charge in [0.15, 0.2) is 0 Å². The van der Waals surface area contributed by atoms with E-state index in [9.17, 15) is 0 Å². The second-order valence-corrected chi connectivity index (χ2v) is 5.61. The van der Waals surface area contributed by atoms with Crippen LogP contribution in [0.1, 0.15) is 44.2 Å². The van der Waals surface area contributed by atoms with Crippen LogP contribution in [0.25, 0.3) is 0 Å². The Hall–Kier alpha value is -0.380. The van der Waals surface area contributed by atoms with Crippen LogP contribution in [0.2, 0.25) is 0 Å². The molecule has 0 amide bonds. The third-order valence-corrected chi connectivity index (χ3v) is 4.05. The second-order valence-electron chi connectivity index (χ2n) is 4.67. The van der Waals surface area contributed by atoms with E-state index in [0.717, 1.165) is 13.2 Å². The van der Waals surface area contributed by atoms with E-state index < -0.39 is 0 Å². The molecule has 98 valence electrons. The Morgan fingerprint density at radius 2 is 2.06 bits per heavy atom. The van der Waals surface area contributed by atoms with E-state index in [1.165, 1.54) is 10.4 Å². The normalized spacial score (nSPS) is 15.2. The molecule has 1 N–H and O–H groups in total. The largest absolute Gasteiger partial charge is 0.376 e. The minimum atomic E-state index is 0.247. The van der Waals surface area contributed by atoms with Crippen molar-refractivity contribution in [2.24, 2.45) is 5.92 Å². The predicted molar refractivity (Wildman–Crippen MR) is 75.7 cm³/mol. The summed E-state index contributed by atoms with van der Waals surface area (Å²) in [5, 5.41) is 5.74. The lowest BCUT2D eigenvalue weighted by Crippen LogP contribution is -2.37. The highest BCUT2D eigenvalue weighted by molar-refractivity contribution is 7.10. The molecule has 0 radical (unpaired) electrons. The Morgan fingerprint density at radius 3 is 2.47 bits per heavy atom. The molecular weight excluding hydrogens is 230 g/mol. The number of nitrogens with one attached hydrogen (secondary N) is 1. The molecular formula is C14H25NOS. The molecule has 0 aliphatic heterocycles. The van der Waals surface area contributed by atoms with Crippen molar-refractivity contribution in [1.29, 1.82) is 0 Å². The van der Waals surface area contributed by atoms with Crippen molar-refractivity contribution in [2.45, 2.75) is 46.8 Å². The summed E-state index contributed by atoms with van der Waals surface area (Å²) < 4.78 is 5.94. The quantitative estimate of drug-likeness (QED) is 0.801. The first-order valence-corrected chi connectivity index (χ1v) is 7.38. The number of ether oxygens (including phenoxy) is 1. The van der Waals surface area contributed by atoms with Gasteiger partial charge in [0, 0.05) is 11.5 Å². The molecule has 0 fully saturated rings. The van der Waals surface area contributed by atoms with Crippen molar-refractivity contribution in [3.63, 3.8) is 0 Å². The van der Waals surface area contributed by atoms with Gasteiger partial charge in [0.05, 0.1) is 12.1 Å². The van der Waals surface area contributed by atoms with Gasteiger partial charge in [-0.05, 0) is 43.3 Å². The maximum atomic E-state index is 5.94. The smallest absolute Gasteiger partial charge is 0.0800 e. The van der Waals surface area contributed by atoms with Crippen LogP contribution in [-0.2, 0) is 4.74 Å². The summed E-state index contributed by atoms with van der Waals surface area (Å²) >= 11 is 1.83. The van der Waals surface area contributed by atoms with Gasteiger partial charge >= 0.3 is 0 Å². The minimum absolute atomic E-state index is 0.247. The molecule has 2 nitrogen and oxygen atoms in total. The molecule has 1 aromatic rings. The summed E-state index contributed by atoms with van der Waals surface area (Å²) in [6.07, 6.45) is 0.247. The van der Waals surface area contributed by atoms with Crippen molar-refractivity contribution in [1.82, 2.24) is 5.32 Å². The van der Waals surface area contributed by atoms with Gasteiger partial charge in [-0.3, -0.25) is 0 Å². The van der Waals surface area contributed by atoms with E-state index in [-0.39, 0.29) is 6.10 Å². The summed E-state index contributed by atoms with van der Waals surface area (Å²) in [5.74, 6) is 0.514. The molecule has 3 heteroatoms. The lowest BCUT2D eigenvalue weighted by molar-refractivity contribution is 0.00389. The Bertz CT molecular complexity index is 322. The van der Waals surface area contributed by atoms with Crippen LogP contribution in [0.4, 0.5) is 0 Å². The topological polar surface area (TPSA) is 21.3 Å². The summed E-state index contributed by atoms with van der Waals surface area (Å²) in [6, 6.07) is 2.51. The highest BCUT2D eigenvalue weighted by Crippen LogP contribution is 2.30. The fourth-order valence-electron chi connectivity index (χ4n) is 2.15. The lowest BCUT2D eigenvalue weighted by Gasteiger charge is -2.30. The summed E-state index contributed by atoms with van der Waals surface area (Å²) in [5.41, 5.74) is 1.37. The Labute approximate surface area is 109 Å². The van der Waals surface area contributed by atoms with Crippen molar-refractivity contribution in [3.8, 4) is 0 Å². The van der Waals surface area contributed by atoms with Crippen LogP contribution < -0.4 is 5.32 Å². The van der Waals surface area contributed by atoms with Gasteiger partial charge in [0.1, 0.15) is 0 Å². The van der Waals surface area contributed by atoms with Crippen LogP contribution in [0.5, 0.6) is 0 Å². The molecule has 0 saturated carbocycles. The third-order valence-electron chi connectivity index (χ3n) is 2.95.